The highest BCUT2D eigenvalue weighted by molar-refractivity contribution is 5.94. The van der Waals surface area contributed by atoms with Gasteiger partial charge in [0.15, 0.2) is 5.82 Å². The van der Waals surface area contributed by atoms with Gasteiger partial charge in [-0.1, -0.05) is 67.5 Å². The van der Waals surface area contributed by atoms with Crippen LogP contribution in [-0.4, -0.2) is 58.6 Å². The second-order valence-corrected chi connectivity index (χ2v) is 8.55. The molecule has 0 saturated carbocycles. The molecule has 7 heteroatoms. The number of rotatable bonds is 8. The third-order valence-corrected chi connectivity index (χ3v) is 5.74. The van der Waals surface area contributed by atoms with Gasteiger partial charge in [0.2, 0.25) is 11.8 Å². The van der Waals surface area contributed by atoms with Gasteiger partial charge >= 0.3 is 0 Å². The highest BCUT2D eigenvalue weighted by atomic mass is 16.5. The van der Waals surface area contributed by atoms with Crippen molar-refractivity contribution in [3.05, 3.63) is 77.9 Å². The monoisotopic (exact) mass is 433 g/mol. The zero-order chi connectivity index (χ0) is 22.3. The van der Waals surface area contributed by atoms with E-state index < -0.39 is 0 Å². The molecule has 0 bridgehead atoms. The first kappa shape index (κ1) is 22.2. The van der Waals surface area contributed by atoms with E-state index in [2.05, 4.69) is 45.9 Å². The molecule has 1 aromatic heterocycles. The lowest BCUT2D eigenvalue weighted by Crippen LogP contribution is -2.49. The molecule has 0 atom stereocenters. The number of piperazine rings is 1. The van der Waals surface area contributed by atoms with Crippen LogP contribution in [0.25, 0.3) is 0 Å². The van der Waals surface area contributed by atoms with Crippen molar-refractivity contribution in [1.29, 1.82) is 0 Å². The Bertz CT molecular complexity index is 982. The summed E-state index contributed by atoms with van der Waals surface area (Å²) in [6.45, 7) is 9.17. The number of nitrogens with zero attached hydrogens (tertiary/aromatic N) is 5. The summed E-state index contributed by atoms with van der Waals surface area (Å²) in [5.41, 5.74) is 2.05. The Kier molecular flexibility index (Phi) is 7.29. The van der Waals surface area contributed by atoms with E-state index in [9.17, 15) is 4.79 Å². The molecule has 2 heterocycles. The van der Waals surface area contributed by atoms with Crippen LogP contribution in [0.5, 0.6) is 0 Å². The van der Waals surface area contributed by atoms with Crippen LogP contribution >= 0.6 is 0 Å². The molecule has 0 spiro atoms. The summed E-state index contributed by atoms with van der Waals surface area (Å²) in [4.78, 5) is 24.2. The Hall–Kier alpha value is -3.03. The molecule has 1 amide bonds. The Morgan fingerprint density at radius 2 is 1.59 bits per heavy atom. The van der Waals surface area contributed by atoms with Gasteiger partial charge in [-0.3, -0.25) is 14.6 Å². The van der Waals surface area contributed by atoms with Crippen LogP contribution in [0.15, 0.2) is 65.2 Å². The Morgan fingerprint density at radius 3 is 2.22 bits per heavy atom. The highest BCUT2D eigenvalue weighted by Gasteiger charge is 2.24. The topological polar surface area (TPSA) is 65.7 Å². The van der Waals surface area contributed by atoms with Crippen molar-refractivity contribution in [2.24, 2.45) is 0 Å². The van der Waals surface area contributed by atoms with E-state index in [-0.39, 0.29) is 11.8 Å². The number of aromatic nitrogens is 2. The summed E-state index contributed by atoms with van der Waals surface area (Å²) in [6, 6.07) is 20.0. The van der Waals surface area contributed by atoms with E-state index in [1.165, 1.54) is 0 Å². The molecular weight excluding hydrogens is 402 g/mol. The fourth-order valence-corrected chi connectivity index (χ4v) is 3.84. The second kappa shape index (κ2) is 10.5. The van der Waals surface area contributed by atoms with Gasteiger partial charge < -0.3 is 9.42 Å². The molecule has 0 N–H and O–H groups in total. The molecule has 4 rings (SSSR count). The number of carbonyl (C=O) groups excluding carboxylic acids is 1. The maximum atomic E-state index is 13.3. The molecule has 1 aliphatic heterocycles. The minimum Gasteiger partial charge on any atom is -0.338 e. The van der Waals surface area contributed by atoms with E-state index in [1.807, 2.05) is 53.4 Å². The van der Waals surface area contributed by atoms with E-state index in [0.29, 0.717) is 25.5 Å². The van der Waals surface area contributed by atoms with Crippen LogP contribution in [0.2, 0.25) is 0 Å². The molecule has 0 unspecified atom stereocenters. The Morgan fingerprint density at radius 1 is 0.969 bits per heavy atom. The molecule has 168 valence electrons. The Labute approximate surface area is 189 Å². The fraction of sp³-hybridized carbons (Fsp3) is 0.400. The van der Waals surface area contributed by atoms with Gasteiger partial charge in [-0.15, -0.1) is 0 Å². The predicted octanol–water partition coefficient (Wildman–Crippen LogP) is 3.54. The molecule has 0 radical (unpaired) electrons. The van der Waals surface area contributed by atoms with Gasteiger partial charge in [0, 0.05) is 37.8 Å². The number of anilines is 1. The van der Waals surface area contributed by atoms with Crippen LogP contribution in [0.3, 0.4) is 0 Å². The molecule has 3 aromatic rings. The number of para-hydroxylation sites is 1. The lowest BCUT2D eigenvalue weighted by molar-refractivity contribution is -0.120. The van der Waals surface area contributed by atoms with Crippen molar-refractivity contribution in [2.75, 3.05) is 37.6 Å². The summed E-state index contributed by atoms with van der Waals surface area (Å²) in [7, 11) is 0. The number of amides is 1. The van der Waals surface area contributed by atoms with Crippen LogP contribution in [0, 0.1) is 0 Å². The highest BCUT2D eigenvalue weighted by Crippen LogP contribution is 2.18. The third-order valence-electron chi connectivity index (χ3n) is 5.74. The summed E-state index contributed by atoms with van der Waals surface area (Å²) in [5, 5.41) is 4.04. The minimum absolute atomic E-state index is 0.118. The first-order chi connectivity index (χ1) is 15.6. The summed E-state index contributed by atoms with van der Waals surface area (Å²) in [6.07, 6.45) is 0. The van der Waals surface area contributed by atoms with Gasteiger partial charge in [-0.05, 0) is 17.7 Å². The molecule has 32 heavy (non-hydrogen) atoms. The molecule has 2 aromatic carbocycles. The molecule has 1 aliphatic rings. The van der Waals surface area contributed by atoms with Crippen molar-refractivity contribution < 1.29 is 9.32 Å². The Balaban J connectivity index is 1.33. The van der Waals surface area contributed by atoms with E-state index in [1.54, 1.807) is 0 Å². The lowest BCUT2D eigenvalue weighted by Gasteiger charge is -2.34. The van der Waals surface area contributed by atoms with Gasteiger partial charge in [0.05, 0.1) is 19.6 Å². The van der Waals surface area contributed by atoms with Gasteiger partial charge in [-0.2, -0.15) is 4.98 Å². The average molecular weight is 434 g/mol. The van der Waals surface area contributed by atoms with Crippen LogP contribution in [0.1, 0.15) is 37.0 Å². The first-order valence-electron chi connectivity index (χ1n) is 11.2. The number of hydrogen-bond acceptors (Lipinski definition) is 6. The SMILES string of the molecule is CC(C)c1noc(CN2CCN(CC(=O)N(Cc3ccccc3)c3ccccc3)CC2)n1. The normalized spacial score (nSPS) is 15.2. The van der Waals surface area contributed by atoms with Crippen molar-refractivity contribution in [2.45, 2.75) is 32.9 Å². The zero-order valence-corrected chi connectivity index (χ0v) is 18.9. The van der Waals surface area contributed by atoms with Gasteiger partial charge in [0.25, 0.3) is 0 Å². The summed E-state index contributed by atoms with van der Waals surface area (Å²) < 4.78 is 5.38. The number of hydrogen-bond donors (Lipinski definition) is 0. The second-order valence-electron chi connectivity index (χ2n) is 8.55. The van der Waals surface area contributed by atoms with Crippen molar-refractivity contribution in [1.82, 2.24) is 19.9 Å². The predicted molar refractivity (Wildman–Crippen MR) is 124 cm³/mol. The molecule has 7 nitrogen and oxygen atoms in total. The van der Waals surface area contributed by atoms with E-state index in [4.69, 9.17) is 4.52 Å². The first-order valence-corrected chi connectivity index (χ1v) is 11.2. The standard InChI is InChI=1S/C25H31N5O2/c1-20(2)25-26-23(32-27-25)18-28-13-15-29(16-14-28)19-24(31)30(22-11-7-4-8-12-22)17-21-9-5-3-6-10-21/h3-12,20H,13-19H2,1-2H3. The summed E-state index contributed by atoms with van der Waals surface area (Å²) >= 11 is 0. The lowest BCUT2D eigenvalue weighted by atomic mass is 10.2. The molecular formula is C25H31N5O2. The maximum Gasteiger partial charge on any atom is 0.241 e. The van der Waals surface area contributed by atoms with E-state index >= 15 is 0 Å². The zero-order valence-electron chi connectivity index (χ0n) is 18.9. The van der Waals surface area contributed by atoms with Gasteiger partial charge in [0.1, 0.15) is 0 Å². The quantitative estimate of drug-likeness (QED) is 0.541. The maximum absolute atomic E-state index is 13.3. The molecule has 0 aliphatic carbocycles. The van der Waals surface area contributed by atoms with Crippen LogP contribution in [0.4, 0.5) is 5.69 Å². The van der Waals surface area contributed by atoms with Crippen LogP contribution < -0.4 is 4.90 Å². The number of benzene rings is 2. The average Bonchev–Trinajstić information content (AvgIpc) is 3.29. The minimum atomic E-state index is 0.118. The summed E-state index contributed by atoms with van der Waals surface area (Å²) in [5.74, 6) is 1.80. The van der Waals surface area contributed by atoms with Crippen molar-refractivity contribution in [3.63, 3.8) is 0 Å². The largest absolute Gasteiger partial charge is 0.338 e. The third kappa shape index (κ3) is 5.81. The number of carbonyl (C=O) groups is 1. The molecule has 1 fully saturated rings. The fourth-order valence-electron chi connectivity index (χ4n) is 3.84. The van der Waals surface area contributed by atoms with Crippen molar-refractivity contribution in [3.8, 4) is 0 Å². The smallest absolute Gasteiger partial charge is 0.241 e. The molecule has 1 saturated heterocycles. The van der Waals surface area contributed by atoms with Crippen molar-refractivity contribution >= 4 is 11.6 Å². The van der Waals surface area contributed by atoms with E-state index in [0.717, 1.165) is 43.3 Å². The van der Waals surface area contributed by atoms with Gasteiger partial charge in [-0.25, -0.2) is 0 Å². The van der Waals surface area contributed by atoms with Crippen LogP contribution in [-0.2, 0) is 17.9 Å².